The molecule has 1 N–H and O–H groups in total. The van der Waals surface area contributed by atoms with Crippen LogP contribution >= 0.6 is 0 Å². The summed E-state index contributed by atoms with van der Waals surface area (Å²) in [6.45, 7) is 6.95. The average molecular weight is 249 g/mol. The van der Waals surface area contributed by atoms with Crippen molar-refractivity contribution in [1.82, 2.24) is 5.32 Å². The van der Waals surface area contributed by atoms with Crippen LogP contribution in [0.4, 0.5) is 0 Å². The molecule has 0 bridgehead atoms. The largest absolute Gasteiger partial charge is 0.316 e. The molecular weight excluding hydrogens is 218 g/mol. The van der Waals surface area contributed by atoms with Gasteiger partial charge in [-0.25, -0.2) is 0 Å². The molecule has 1 aliphatic rings. The second-order valence-corrected chi connectivity index (χ2v) is 6.31. The number of unbranched alkanes of at least 4 members (excludes halogenated alkanes) is 1. The highest BCUT2D eigenvalue weighted by Crippen LogP contribution is 2.32. The Morgan fingerprint density at radius 3 is 2.56 bits per heavy atom. The van der Waals surface area contributed by atoms with Gasteiger partial charge >= 0.3 is 0 Å². The fraction of sp³-hybridized carbons (Fsp3) is 0.882. The topological polar surface area (TPSA) is 12.0 Å². The number of rotatable bonds is 7. The lowest BCUT2D eigenvalue weighted by Crippen LogP contribution is -2.30. The van der Waals surface area contributed by atoms with E-state index < -0.39 is 0 Å². The van der Waals surface area contributed by atoms with Crippen molar-refractivity contribution >= 4 is 0 Å². The molecule has 0 aromatic heterocycles. The Morgan fingerprint density at radius 1 is 1.17 bits per heavy atom. The van der Waals surface area contributed by atoms with Gasteiger partial charge in [0.1, 0.15) is 0 Å². The van der Waals surface area contributed by atoms with Crippen LogP contribution in [0, 0.1) is 30.1 Å². The molecule has 1 rings (SSSR count). The van der Waals surface area contributed by atoms with E-state index in [0.29, 0.717) is 0 Å². The summed E-state index contributed by atoms with van der Waals surface area (Å²) in [6, 6.07) is 0. The minimum Gasteiger partial charge on any atom is -0.316 e. The first-order valence-electron chi connectivity index (χ1n) is 7.88. The molecule has 0 amide bonds. The summed E-state index contributed by atoms with van der Waals surface area (Å²) in [5.74, 6) is 5.35. The molecule has 1 aliphatic carbocycles. The van der Waals surface area contributed by atoms with Crippen molar-refractivity contribution in [2.45, 2.75) is 65.2 Å². The third-order valence-electron chi connectivity index (χ3n) is 4.17. The third-order valence-corrected chi connectivity index (χ3v) is 4.17. The third kappa shape index (κ3) is 6.45. The summed E-state index contributed by atoms with van der Waals surface area (Å²) in [6.07, 6.45) is 16.0. The molecule has 0 aromatic rings. The van der Waals surface area contributed by atoms with Gasteiger partial charge in [-0.05, 0) is 50.1 Å². The van der Waals surface area contributed by atoms with Crippen LogP contribution in [0.25, 0.3) is 0 Å². The molecule has 2 unspecified atom stereocenters. The van der Waals surface area contributed by atoms with E-state index in [-0.39, 0.29) is 0 Å². The minimum absolute atomic E-state index is 0.760. The highest BCUT2D eigenvalue weighted by molar-refractivity contribution is 4.84. The average Bonchev–Trinajstić information content (AvgIpc) is 2.55. The second kappa shape index (κ2) is 9.45. The molecule has 0 radical (unpaired) electrons. The summed E-state index contributed by atoms with van der Waals surface area (Å²) in [5, 5.41) is 3.66. The smallest absolute Gasteiger partial charge is 0.00861 e. The monoisotopic (exact) mass is 249 g/mol. The molecule has 104 valence electrons. The van der Waals surface area contributed by atoms with E-state index in [1.165, 1.54) is 51.5 Å². The van der Waals surface area contributed by atoms with Gasteiger partial charge in [0.2, 0.25) is 0 Å². The number of terminal acetylenes is 1. The molecular formula is C17H31N. The van der Waals surface area contributed by atoms with Crippen LogP contribution in [-0.2, 0) is 0 Å². The van der Waals surface area contributed by atoms with E-state index in [2.05, 4.69) is 25.1 Å². The quantitative estimate of drug-likeness (QED) is 0.404. The molecule has 0 saturated heterocycles. The Bertz CT molecular complexity index is 238. The molecule has 2 atom stereocenters. The van der Waals surface area contributed by atoms with Crippen LogP contribution in [-0.4, -0.2) is 13.1 Å². The van der Waals surface area contributed by atoms with Crippen molar-refractivity contribution < 1.29 is 0 Å². The zero-order chi connectivity index (χ0) is 13.2. The molecule has 0 aromatic carbocycles. The highest BCUT2D eigenvalue weighted by Gasteiger charge is 2.22. The first kappa shape index (κ1) is 15.6. The molecule has 0 spiro atoms. The van der Waals surface area contributed by atoms with E-state index >= 15 is 0 Å². The lowest BCUT2D eigenvalue weighted by molar-refractivity contribution is 0.276. The molecule has 1 nitrogen and oxygen atoms in total. The highest BCUT2D eigenvalue weighted by atomic mass is 14.9. The Hall–Kier alpha value is -0.480. The summed E-state index contributed by atoms with van der Waals surface area (Å²) in [7, 11) is 0. The van der Waals surface area contributed by atoms with Gasteiger partial charge in [0.15, 0.2) is 0 Å². The minimum atomic E-state index is 0.760. The van der Waals surface area contributed by atoms with E-state index in [4.69, 9.17) is 6.42 Å². The van der Waals surface area contributed by atoms with Gasteiger partial charge in [-0.15, -0.1) is 12.3 Å². The van der Waals surface area contributed by atoms with E-state index in [0.717, 1.165) is 30.7 Å². The van der Waals surface area contributed by atoms with Crippen molar-refractivity contribution in [3.05, 3.63) is 0 Å². The first-order chi connectivity index (χ1) is 8.74. The number of hydrogen-bond donors (Lipinski definition) is 1. The van der Waals surface area contributed by atoms with Crippen molar-refractivity contribution in [3.63, 3.8) is 0 Å². The van der Waals surface area contributed by atoms with Gasteiger partial charge in [0.25, 0.3) is 0 Å². The maximum absolute atomic E-state index is 5.36. The summed E-state index contributed by atoms with van der Waals surface area (Å²) >= 11 is 0. The van der Waals surface area contributed by atoms with Crippen LogP contribution in [0.15, 0.2) is 0 Å². The number of hydrogen-bond acceptors (Lipinski definition) is 1. The maximum atomic E-state index is 5.36. The van der Waals surface area contributed by atoms with Crippen LogP contribution in [0.3, 0.4) is 0 Å². The molecule has 0 heterocycles. The normalized spacial score (nSPS) is 24.8. The lowest BCUT2D eigenvalue weighted by atomic mass is 9.84. The Kier molecular flexibility index (Phi) is 8.18. The van der Waals surface area contributed by atoms with Crippen LogP contribution in [0.5, 0.6) is 0 Å². The standard InChI is InChI=1S/C17H31N/c1-4-5-7-10-16-11-8-6-9-12-17(16)14-18-13-15(2)3/h1,15-18H,5-14H2,2-3H3. The molecule has 1 saturated carbocycles. The van der Waals surface area contributed by atoms with Gasteiger partial charge in [0, 0.05) is 6.42 Å². The van der Waals surface area contributed by atoms with Crippen LogP contribution in [0.1, 0.15) is 65.2 Å². The first-order valence-corrected chi connectivity index (χ1v) is 7.88. The molecule has 18 heavy (non-hydrogen) atoms. The fourth-order valence-electron chi connectivity index (χ4n) is 3.13. The predicted octanol–water partition coefficient (Wildman–Crippen LogP) is 4.23. The van der Waals surface area contributed by atoms with Crippen LogP contribution < -0.4 is 5.32 Å². The Labute approximate surface area is 114 Å². The predicted molar refractivity (Wildman–Crippen MR) is 80.5 cm³/mol. The molecule has 1 fully saturated rings. The van der Waals surface area contributed by atoms with Gasteiger partial charge in [-0.3, -0.25) is 0 Å². The zero-order valence-electron chi connectivity index (χ0n) is 12.4. The van der Waals surface area contributed by atoms with Gasteiger partial charge in [-0.1, -0.05) is 39.5 Å². The van der Waals surface area contributed by atoms with Crippen LogP contribution in [0.2, 0.25) is 0 Å². The van der Waals surface area contributed by atoms with Gasteiger partial charge < -0.3 is 5.32 Å². The second-order valence-electron chi connectivity index (χ2n) is 6.31. The van der Waals surface area contributed by atoms with Crippen molar-refractivity contribution in [2.75, 3.05) is 13.1 Å². The lowest BCUT2D eigenvalue weighted by Gasteiger charge is -2.25. The maximum Gasteiger partial charge on any atom is 0.00861 e. The van der Waals surface area contributed by atoms with E-state index in [1.807, 2.05) is 0 Å². The summed E-state index contributed by atoms with van der Waals surface area (Å²) < 4.78 is 0. The van der Waals surface area contributed by atoms with Gasteiger partial charge in [0.05, 0.1) is 0 Å². The Balaban J connectivity index is 2.34. The van der Waals surface area contributed by atoms with Crippen molar-refractivity contribution in [2.24, 2.45) is 17.8 Å². The zero-order valence-corrected chi connectivity index (χ0v) is 12.4. The van der Waals surface area contributed by atoms with E-state index in [9.17, 15) is 0 Å². The molecule has 0 aliphatic heterocycles. The SMILES string of the molecule is C#CCCCC1CCCCCC1CNCC(C)C. The Morgan fingerprint density at radius 2 is 1.89 bits per heavy atom. The molecule has 1 heteroatoms. The van der Waals surface area contributed by atoms with Gasteiger partial charge in [-0.2, -0.15) is 0 Å². The summed E-state index contributed by atoms with van der Waals surface area (Å²) in [5.41, 5.74) is 0. The van der Waals surface area contributed by atoms with Crippen molar-refractivity contribution in [1.29, 1.82) is 0 Å². The summed E-state index contributed by atoms with van der Waals surface area (Å²) in [4.78, 5) is 0. The van der Waals surface area contributed by atoms with E-state index in [1.54, 1.807) is 0 Å². The van der Waals surface area contributed by atoms with Crippen molar-refractivity contribution in [3.8, 4) is 12.3 Å². The number of nitrogens with one attached hydrogen (secondary N) is 1. The fourth-order valence-corrected chi connectivity index (χ4v) is 3.13.